The molecular formula is C25H22N6S. The smallest absolute Gasteiger partial charge is 0.103 e. The van der Waals surface area contributed by atoms with E-state index in [2.05, 4.69) is 46.2 Å². The molecule has 0 aliphatic heterocycles. The zero-order valence-corrected chi connectivity index (χ0v) is 18.6. The molecule has 4 aromatic rings. The van der Waals surface area contributed by atoms with Gasteiger partial charge >= 0.3 is 0 Å². The third-order valence-corrected chi connectivity index (χ3v) is 7.33. The second-order valence-electron chi connectivity index (χ2n) is 8.39. The Balaban J connectivity index is 1.56. The molecule has 0 saturated heterocycles. The van der Waals surface area contributed by atoms with Crippen molar-refractivity contribution in [1.29, 1.82) is 10.5 Å². The highest BCUT2D eigenvalue weighted by Crippen LogP contribution is 2.37. The lowest BCUT2D eigenvalue weighted by Gasteiger charge is -2.26. The second kappa shape index (κ2) is 8.53. The van der Waals surface area contributed by atoms with Crippen molar-refractivity contribution in [2.24, 2.45) is 5.92 Å². The van der Waals surface area contributed by atoms with Gasteiger partial charge in [0, 0.05) is 33.3 Å². The lowest BCUT2D eigenvalue weighted by atomic mass is 9.87. The molecule has 1 saturated carbocycles. The van der Waals surface area contributed by atoms with Gasteiger partial charge in [0.15, 0.2) is 0 Å². The Labute approximate surface area is 191 Å². The SMILES string of the molecule is CC1CCC(n2cc(-c3cc(Sc4ccccc4C#N)c4c(C#N)cnn4c3)cn2)CC1. The van der Waals surface area contributed by atoms with E-state index >= 15 is 0 Å². The van der Waals surface area contributed by atoms with Gasteiger partial charge in [0.1, 0.15) is 12.1 Å². The van der Waals surface area contributed by atoms with Gasteiger partial charge in [-0.15, -0.1) is 0 Å². The summed E-state index contributed by atoms with van der Waals surface area (Å²) in [6.45, 7) is 2.32. The summed E-state index contributed by atoms with van der Waals surface area (Å²) in [5, 5.41) is 28.2. The molecule has 1 aromatic carbocycles. The second-order valence-corrected chi connectivity index (χ2v) is 9.47. The van der Waals surface area contributed by atoms with E-state index in [0.29, 0.717) is 17.2 Å². The molecular weight excluding hydrogens is 416 g/mol. The Morgan fingerprint density at radius 3 is 2.47 bits per heavy atom. The summed E-state index contributed by atoms with van der Waals surface area (Å²) < 4.78 is 3.86. The molecule has 5 rings (SSSR count). The number of hydrogen-bond donors (Lipinski definition) is 0. The quantitative estimate of drug-likeness (QED) is 0.399. The van der Waals surface area contributed by atoms with Gasteiger partial charge in [0.25, 0.3) is 0 Å². The number of pyridine rings is 1. The minimum absolute atomic E-state index is 0.454. The molecule has 0 radical (unpaired) electrons. The Bertz CT molecular complexity index is 1360. The highest BCUT2D eigenvalue weighted by atomic mass is 32.2. The van der Waals surface area contributed by atoms with Crippen molar-refractivity contribution in [2.75, 3.05) is 0 Å². The van der Waals surface area contributed by atoms with Gasteiger partial charge < -0.3 is 0 Å². The van der Waals surface area contributed by atoms with E-state index < -0.39 is 0 Å². The molecule has 0 bridgehead atoms. The molecule has 3 heterocycles. The van der Waals surface area contributed by atoms with Crippen LogP contribution < -0.4 is 0 Å². The van der Waals surface area contributed by atoms with Crippen LogP contribution in [0.5, 0.6) is 0 Å². The van der Waals surface area contributed by atoms with Crippen LogP contribution in [0.15, 0.2) is 64.9 Å². The average Bonchev–Trinajstić information content (AvgIpc) is 3.47. The number of aromatic nitrogens is 4. The zero-order valence-electron chi connectivity index (χ0n) is 17.8. The van der Waals surface area contributed by atoms with E-state index in [1.807, 2.05) is 30.6 Å². The summed E-state index contributed by atoms with van der Waals surface area (Å²) in [6.07, 6.45) is 12.4. The first-order chi connectivity index (χ1) is 15.7. The average molecular weight is 439 g/mol. The number of benzene rings is 1. The van der Waals surface area contributed by atoms with Crippen LogP contribution in [0.1, 0.15) is 49.8 Å². The molecule has 0 unspecified atom stereocenters. The van der Waals surface area contributed by atoms with Gasteiger partial charge in [-0.3, -0.25) is 4.68 Å². The summed E-state index contributed by atoms with van der Waals surface area (Å²) in [6, 6.07) is 14.5. The van der Waals surface area contributed by atoms with Crippen molar-refractivity contribution in [3.05, 3.63) is 66.2 Å². The number of rotatable bonds is 4. The van der Waals surface area contributed by atoms with E-state index in [0.717, 1.165) is 45.2 Å². The summed E-state index contributed by atoms with van der Waals surface area (Å²) in [4.78, 5) is 1.74. The van der Waals surface area contributed by atoms with Gasteiger partial charge in [-0.2, -0.15) is 20.7 Å². The first kappa shape index (κ1) is 20.4. The molecule has 0 spiro atoms. The van der Waals surface area contributed by atoms with Gasteiger partial charge in [-0.1, -0.05) is 30.8 Å². The summed E-state index contributed by atoms with van der Waals surface area (Å²) >= 11 is 1.48. The van der Waals surface area contributed by atoms with Crippen molar-refractivity contribution in [2.45, 2.75) is 48.4 Å². The van der Waals surface area contributed by atoms with Crippen molar-refractivity contribution >= 4 is 17.3 Å². The van der Waals surface area contributed by atoms with E-state index in [4.69, 9.17) is 0 Å². The predicted octanol–water partition coefficient (Wildman–Crippen LogP) is 5.84. The number of nitrogens with zero attached hydrogens (tertiary/aromatic N) is 6. The van der Waals surface area contributed by atoms with Gasteiger partial charge in [0.05, 0.1) is 35.1 Å². The molecule has 6 nitrogen and oxygen atoms in total. The van der Waals surface area contributed by atoms with Gasteiger partial charge in [-0.25, -0.2) is 4.52 Å². The molecule has 1 fully saturated rings. The summed E-state index contributed by atoms with van der Waals surface area (Å²) in [5.41, 5.74) is 3.88. The normalized spacial score (nSPS) is 18.3. The monoisotopic (exact) mass is 438 g/mol. The largest absolute Gasteiger partial charge is 0.269 e. The minimum Gasteiger partial charge on any atom is -0.269 e. The van der Waals surface area contributed by atoms with Crippen LogP contribution in [0, 0.1) is 28.6 Å². The molecule has 7 heteroatoms. The van der Waals surface area contributed by atoms with Crippen LogP contribution in [0.2, 0.25) is 0 Å². The standard InChI is InChI=1S/C25H22N6S/c1-17-6-8-22(9-7-17)30-16-21(14-28-30)19-10-24(25-20(12-27)13-29-31(25)15-19)32-23-5-3-2-4-18(23)11-26/h2-5,10,13-17,22H,6-9H2,1H3. The topological polar surface area (TPSA) is 82.7 Å². The van der Waals surface area contributed by atoms with Crippen LogP contribution in [0.3, 0.4) is 0 Å². The lowest BCUT2D eigenvalue weighted by Crippen LogP contribution is -2.16. The molecule has 0 amide bonds. The third-order valence-electron chi connectivity index (χ3n) is 6.22. The fourth-order valence-corrected chi connectivity index (χ4v) is 5.46. The summed E-state index contributed by atoms with van der Waals surface area (Å²) in [7, 11) is 0. The van der Waals surface area contributed by atoms with Crippen molar-refractivity contribution < 1.29 is 0 Å². The van der Waals surface area contributed by atoms with Crippen LogP contribution in [-0.4, -0.2) is 19.4 Å². The summed E-state index contributed by atoms with van der Waals surface area (Å²) in [5.74, 6) is 0.800. The van der Waals surface area contributed by atoms with E-state index in [-0.39, 0.29) is 0 Å². The number of fused-ring (bicyclic) bond motifs is 1. The number of hydrogen-bond acceptors (Lipinski definition) is 5. The molecule has 0 N–H and O–H groups in total. The molecule has 158 valence electrons. The molecule has 3 aromatic heterocycles. The fraction of sp³-hybridized carbons (Fsp3) is 0.280. The van der Waals surface area contributed by atoms with E-state index in [1.54, 1.807) is 16.8 Å². The van der Waals surface area contributed by atoms with Crippen LogP contribution in [-0.2, 0) is 0 Å². The maximum atomic E-state index is 9.59. The highest BCUT2D eigenvalue weighted by molar-refractivity contribution is 7.99. The number of nitriles is 2. The van der Waals surface area contributed by atoms with E-state index in [1.165, 1.54) is 24.6 Å². The third kappa shape index (κ3) is 3.77. The Hall–Kier alpha value is -3.55. The molecule has 0 atom stereocenters. The fourth-order valence-electron chi connectivity index (χ4n) is 4.36. The highest BCUT2D eigenvalue weighted by Gasteiger charge is 2.21. The Morgan fingerprint density at radius 1 is 0.906 bits per heavy atom. The van der Waals surface area contributed by atoms with Crippen molar-refractivity contribution in [1.82, 2.24) is 19.4 Å². The van der Waals surface area contributed by atoms with Crippen LogP contribution in [0.4, 0.5) is 0 Å². The molecule has 1 aliphatic rings. The van der Waals surface area contributed by atoms with E-state index in [9.17, 15) is 10.5 Å². The van der Waals surface area contributed by atoms with Crippen LogP contribution in [0.25, 0.3) is 16.6 Å². The van der Waals surface area contributed by atoms with Crippen LogP contribution >= 0.6 is 11.8 Å². The Morgan fingerprint density at radius 2 is 1.69 bits per heavy atom. The van der Waals surface area contributed by atoms with Gasteiger partial charge in [-0.05, 0) is 49.8 Å². The predicted molar refractivity (Wildman–Crippen MR) is 123 cm³/mol. The maximum Gasteiger partial charge on any atom is 0.103 e. The molecule has 32 heavy (non-hydrogen) atoms. The maximum absolute atomic E-state index is 9.59. The Kier molecular flexibility index (Phi) is 5.43. The van der Waals surface area contributed by atoms with Gasteiger partial charge in [0.2, 0.25) is 0 Å². The minimum atomic E-state index is 0.454. The van der Waals surface area contributed by atoms with Crippen molar-refractivity contribution in [3.63, 3.8) is 0 Å². The first-order valence-electron chi connectivity index (χ1n) is 10.8. The first-order valence-corrected chi connectivity index (χ1v) is 11.6. The lowest BCUT2D eigenvalue weighted by molar-refractivity contribution is 0.274. The van der Waals surface area contributed by atoms with Crippen molar-refractivity contribution in [3.8, 4) is 23.3 Å². The molecule has 1 aliphatic carbocycles. The zero-order chi connectivity index (χ0) is 22.1.